The molecule has 108 valence electrons. The van der Waals surface area contributed by atoms with Crippen molar-refractivity contribution in [3.63, 3.8) is 0 Å². The van der Waals surface area contributed by atoms with Gasteiger partial charge in [-0.2, -0.15) is 0 Å². The Morgan fingerprint density at radius 1 is 1.16 bits per heavy atom. The number of nitrogens with one attached hydrogen (secondary N) is 1. The Kier molecular flexibility index (Phi) is 7.17. The molecule has 1 unspecified atom stereocenters. The molecule has 0 aliphatic heterocycles. The summed E-state index contributed by atoms with van der Waals surface area (Å²) in [5.74, 6) is 0. The lowest BCUT2D eigenvalue weighted by Gasteiger charge is -2.31. The molecule has 0 heterocycles. The van der Waals surface area contributed by atoms with Crippen molar-refractivity contribution >= 4 is 14.0 Å². The zero-order valence-corrected chi connectivity index (χ0v) is 12.5. The fraction of sp³-hybridized carbons (Fsp3) is 0.500. The van der Waals surface area contributed by atoms with E-state index in [4.69, 9.17) is 24.7 Å². The molecule has 1 rings (SSSR count). The third-order valence-corrected chi connectivity index (χ3v) is 5.40. The smallest absolute Gasteiger partial charge is 0.373 e. The van der Waals surface area contributed by atoms with Crippen molar-refractivity contribution in [1.29, 1.82) is 0 Å². The van der Waals surface area contributed by atoms with Gasteiger partial charge in [0, 0.05) is 39.0 Å². The third kappa shape index (κ3) is 4.36. The zero-order valence-electron chi connectivity index (χ0n) is 11.5. The number of rotatable bonds is 9. The van der Waals surface area contributed by atoms with Gasteiger partial charge in [-0.05, 0) is 0 Å². The lowest BCUT2D eigenvalue weighted by Crippen LogP contribution is -2.60. The predicted molar refractivity (Wildman–Crippen MR) is 76.8 cm³/mol. The Balaban J connectivity index is 2.87. The number of nitrogens with two attached hydrogens (primary N) is 2. The van der Waals surface area contributed by atoms with Crippen LogP contribution in [0.25, 0.3) is 0 Å². The molecular formula is C12H23N3O3Si. The van der Waals surface area contributed by atoms with Crippen LogP contribution in [0.15, 0.2) is 30.3 Å². The molecule has 5 N–H and O–H groups in total. The quantitative estimate of drug-likeness (QED) is 0.397. The van der Waals surface area contributed by atoms with Gasteiger partial charge in [0.25, 0.3) is 0 Å². The lowest BCUT2D eigenvalue weighted by atomic mass is 10.4. The third-order valence-electron chi connectivity index (χ3n) is 2.69. The van der Waals surface area contributed by atoms with Crippen molar-refractivity contribution in [2.75, 3.05) is 33.9 Å². The second kappa shape index (κ2) is 8.38. The van der Waals surface area contributed by atoms with E-state index in [-0.39, 0.29) is 6.23 Å². The molecular weight excluding hydrogens is 262 g/mol. The highest BCUT2D eigenvalue weighted by Crippen LogP contribution is 2.10. The molecule has 0 aromatic heterocycles. The molecule has 0 saturated heterocycles. The van der Waals surface area contributed by atoms with E-state index in [2.05, 4.69) is 5.32 Å². The Morgan fingerprint density at radius 2 is 1.79 bits per heavy atom. The van der Waals surface area contributed by atoms with Crippen molar-refractivity contribution in [2.24, 2.45) is 11.5 Å². The van der Waals surface area contributed by atoms with Gasteiger partial charge in [-0.15, -0.1) is 0 Å². The topological polar surface area (TPSA) is 91.8 Å². The van der Waals surface area contributed by atoms with Gasteiger partial charge < -0.3 is 24.7 Å². The minimum absolute atomic E-state index is 0.314. The standard InChI is InChI=1S/C12H23N3O3Si/c1-16-19(17-2,11-6-4-3-5-7-11)18-12(10-14)15-9-8-13/h3-7,12,15H,8-10,13-14H2,1-2H3. The van der Waals surface area contributed by atoms with E-state index in [1.54, 1.807) is 14.2 Å². The molecule has 1 atom stereocenters. The highest BCUT2D eigenvalue weighted by molar-refractivity contribution is 6.75. The molecule has 19 heavy (non-hydrogen) atoms. The summed E-state index contributed by atoms with van der Waals surface area (Å²) in [6.07, 6.45) is -0.352. The van der Waals surface area contributed by atoms with Crippen molar-refractivity contribution < 1.29 is 13.3 Å². The van der Waals surface area contributed by atoms with Crippen LogP contribution in [0.5, 0.6) is 0 Å². The minimum Gasteiger partial charge on any atom is -0.373 e. The summed E-state index contributed by atoms with van der Waals surface area (Å²) in [4.78, 5) is 0. The van der Waals surface area contributed by atoms with Crippen LogP contribution in [-0.4, -0.2) is 48.9 Å². The van der Waals surface area contributed by atoms with Crippen LogP contribution in [0.4, 0.5) is 0 Å². The first-order valence-electron chi connectivity index (χ1n) is 6.19. The van der Waals surface area contributed by atoms with E-state index in [0.717, 1.165) is 5.19 Å². The first-order valence-corrected chi connectivity index (χ1v) is 7.92. The van der Waals surface area contributed by atoms with Gasteiger partial charge in [-0.25, -0.2) is 0 Å². The van der Waals surface area contributed by atoms with Crippen LogP contribution in [-0.2, 0) is 13.3 Å². The van der Waals surface area contributed by atoms with Gasteiger partial charge in [0.15, 0.2) is 0 Å². The second-order valence-electron chi connectivity index (χ2n) is 3.92. The van der Waals surface area contributed by atoms with Gasteiger partial charge in [0.05, 0.1) is 0 Å². The van der Waals surface area contributed by atoms with Crippen molar-refractivity contribution in [1.82, 2.24) is 5.32 Å². The maximum atomic E-state index is 5.98. The van der Waals surface area contributed by atoms with Crippen LogP contribution < -0.4 is 22.0 Å². The van der Waals surface area contributed by atoms with Crippen LogP contribution >= 0.6 is 0 Å². The summed E-state index contributed by atoms with van der Waals surface area (Å²) in [5, 5.41) is 4.01. The molecule has 0 fully saturated rings. The average molecular weight is 285 g/mol. The summed E-state index contributed by atoms with van der Waals surface area (Å²) in [6, 6.07) is 9.62. The van der Waals surface area contributed by atoms with Gasteiger partial charge >= 0.3 is 8.80 Å². The Morgan fingerprint density at radius 3 is 2.26 bits per heavy atom. The van der Waals surface area contributed by atoms with Crippen LogP contribution in [0.1, 0.15) is 0 Å². The normalized spacial score (nSPS) is 13.5. The van der Waals surface area contributed by atoms with Crippen molar-refractivity contribution in [3.8, 4) is 0 Å². The van der Waals surface area contributed by atoms with Gasteiger partial charge in [0.2, 0.25) is 0 Å². The van der Waals surface area contributed by atoms with Gasteiger partial charge in [0.1, 0.15) is 6.23 Å². The van der Waals surface area contributed by atoms with Gasteiger partial charge in [-0.3, -0.25) is 5.32 Å². The molecule has 0 spiro atoms. The number of hydrogen-bond donors (Lipinski definition) is 3. The maximum Gasteiger partial charge on any atom is 0.537 e. The largest absolute Gasteiger partial charge is 0.537 e. The summed E-state index contributed by atoms with van der Waals surface area (Å²) in [6.45, 7) is 1.45. The summed E-state index contributed by atoms with van der Waals surface area (Å²) < 4.78 is 17.1. The predicted octanol–water partition coefficient (Wildman–Crippen LogP) is -1.02. The summed E-state index contributed by atoms with van der Waals surface area (Å²) in [5.41, 5.74) is 11.2. The van der Waals surface area contributed by atoms with E-state index >= 15 is 0 Å². The summed E-state index contributed by atoms with van der Waals surface area (Å²) in [7, 11) is 0.228. The van der Waals surface area contributed by atoms with E-state index in [1.165, 1.54) is 0 Å². The van der Waals surface area contributed by atoms with E-state index in [9.17, 15) is 0 Å². The van der Waals surface area contributed by atoms with E-state index in [1.807, 2.05) is 30.3 Å². The fourth-order valence-corrected chi connectivity index (χ4v) is 3.85. The molecule has 1 aromatic rings. The molecule has 1 aromatic carbocycles. The SMILES string of the molecule is CO[Si](OC)(OC(CN)NCCN)c1ccccc1. The Bertz CT molecular complexity index is 349. The maximum absolute atomic E-state index is 5.98. The van der Waals surface area contributed by atoms with Crippen LogP contribution in [0.3, 0.4) is 0 Å². The van der Waals surface area contributed by atoms with Crippen molar-refractivity contribution in [3.05, 3.63) is 30.3 Å². The van der Waals surface area contributed by atoms with Crippen molar-refractivity contribution in [2.45, 2.75) is 6.23 Å². The highest BCUT2D eigenvalue weighted by Gasteiger charge is 2.43. The first-order chi connectivity index (χ1) is 9.22. The lowest BCUT2D eigenvalue weighted by molar-refractivity contribution is 0.0557. The molecule has 0 aliphatic carbocycles. The Hall–Kier alpha value is -0.803. The molecule has 6 nitrogen and oxygen atoms in total. The highest BCUT2D eigenvalue weighted by atomic mass is 28.4. The summed E-state index contributed by atoms with van der Waals surface area (Å²) >= 11 is 0. The Labute approximate surface area is 115 Å². The van der Waals surface area contributed by atoms with E-state index in [0.29, 0.717) is 19.6 Å². The fourth-order valence-electron chi connectivity index (χ4n) is 1.73. The zero-order chi connectivity index (χ0) is 14.1. The minimum atomic E-state index is -2.94. The second-order valence-corrected chi connectivity index (χ2v) is 6.66. The van der Waals surface area contributed by atoms with Gasteiger partial charge in [-0.1, -0.05) is 30.3 Å². The molecule has 0 saturated carbocycles. The average Bonchev–Trinajstić information content (AvgIpc) is 2.49. The molecule has 0 bridgehead atoms. The van der Waals surface area contributed by atoms with Crippen LogP contribution in [0, 0.1) is 0 Å². The monoisotopic (exact) mass is 285 g/mol. The number of hydrogen-bond acceptors (Lipinski definition) is 6. The van der Waals surface area contributed by atoms with Crippen LogP contribution in [0.2, 0.25) is 0 Å². The molecule has 0 radical (unpaired) electrons. The molecule has 0 aliphatic rings. The molecule has 7 heteroatoms. The van der Waals surface area contributed by atoms with E-state index < -0.39 is 8.80 Å². The molecule has 0 amide bonds. The number of benzene rings is 1. The first kappa shape index (κ1) is 16.3.